The minimum atomic E-state index is -3.61. The van der Waals surface area contributed by atoms with E-state index in [0.717, 1.165) is 5.57 Å². The lowest BCUT2D eigenvalue weighted by molar-refractivity contribution is 0.139. The van der Waals surface area contributed by atoms with Crippen molar-refractivity contribution in [3.63, 3.8) is 0 Å². The normalized spacial score (nSPS) is 16.7. The molecular formula is C16H34O5P2. The lowest BCUT2D eigenvalue weighted by Gasteiger charge is -2.33. The van der Waals surface area contributed by atoms with E-state index in [-0.39, 0.29) is 18.3 Å². The average molecular weight is 368 g/mol. The monoisotopic (exact) mass is 368 g/mol. The summed E-state index contributed by atoms with van der Waals surface area (Å²) in [5.41, 5.74) is 1.06. The molecule has 138 valence electrons. The molecule has 0 rings (SSSR count). The maximum absolute atomic E-state index is 13.4. The Kier molecular flexibility index (Phi) is 9.57. The molecule has 0 N–H and O–H groups in total. The Hall–Kier alpha value is 0.0800. The van der Waals surface area contributed by atoms with Gasteiger partial charge in [0, 0.05) is 6.66 Å². The number of hydrogen-bond donors (Lipinski definition) is 0. The zero-order chi connectivity index (χ0) is 18.4. The summed E-state index contributed by atoms with van der Waals surface area (Å²) >= 11 is 0. The molecule has 0 aromatic rings. The van der Waals surface area contributed by atoms with Gasteiger partial charge in [0.1, 0.15) is 5.40 Å². The van der Waals surface area contributed by atoms with Crippen molar-refractivity contribution in [2.75, 3.05) is 6.66 Å². The molecule has 0 saturated carbocycles. The van der Waals surface area contributed by atoms with Gasteiger partial charge in [-0.15, -0.1) is 0 Å². The summed E-state index contributed by atoms with van der Waals surface area (Å²) < 4.78 is 43.6. The molecule has 0 aromatic heterocycles. The molecule has 23 heavy (non-hydrogen) atoms. The van der Waals surface area contributed by atoms with Crippen LogP contribution in [0.25, 0.3) is 0 Å². The van der Waals surface area contributed by atoms with Crippen molar-refractivity contribution in [3.8, 4) is 0 Å². The Morgan fingerprint density at radius 1 is 0.870 bits per heavy atom. The molecule has 0 fully saturated rings. The fraction of sp³-hybridized carbons (Fsp3) is 0.875. The van der Waals surface area contributed by atoms with E-state index in [1.807, 2.05) is 33.8 Å². The third-order valence-corrected chi connectivity index (χ3v) is 9.39. The third kappa shape index (κ3) is 8.65. The van der Waals surface area contributed by atoms with Crippen molar-refractivity contribution in [1.82, 2.24) is 0 Å². The Morgan fingerprint density at radius 2 is 1.26 bits per heavy atom. The molecule has 0 spiro atoms. The average Bonchev–Trinajstić information content (AvgIpc) is 2.22. The second-order valence-electron chi connectivity index (χ2n) is 6.91. The second-order valence-corrected chi connectivity index (χ2v) is 12.1. The van der Waals surface area contributed by atoms with Crippen molar-refractivity contribution >= 4 is 15.0 Å². The first-order valence-electron chi connectivity index (χ1n) is 8.15. The number of allylic oxidation sites excluding steroid dienone is 2. The Labute approximate surface area is 142 Å². The Balaban J connectivity index is 5.87. The predicted molar refractivity (Wildman–Crippen MR) is 97.6 cm³/mol. The first-order valence-corrected chi connectivity index (χ1v) is 11.9. The molecule has 0 radical (unpaired) electrons. The predicted octanol–water partition coefficient (Wildman–Crippen LogP) is 6.04. The molecule has 5 nitrogen and oxygen atoms in total. The fourth-order valence-electron chi connectivity index (χ4n) is 2.16. The summed E-state index contributed by atoms with van der Waals surface area (Å²) in [6, 6.07) is 0. The number of rotatable bonds is 10. The molecule has 0 aliphatic carbocycles. The van der Waals surface area contributed by atoms with Gasteiger partial charge in [-0.3, -0.25) is 9.13 Å². The van der Waals surface area contributed by atoms with E-state index in [1.165, 1.54) is 6.66 Å². The van der Waals surface area contributed by atoms with Crippen LogP contribution < -0.4 is 0 Å². The Morgan fingerprint density at radius 3 is 1.57 bits per heavy atom. The van der Waals surface area contributed by atoms with Gasteiger partial charge in [-0.05, 0) is 61.8 Å². The molecule has 0 bridgehead atoms. The lowest BCUT2D eigenvalue weighted by Crippen LogP contribution is -2.20. The first kappa shape index (κ1) is 23.1. The highest BCUT2D eigenvalue weighted by Gasteiger charge is 2.47. The van der Waals surface area contributed by atoms with Gasteiger partial charge in [0.25, 0.3) is 0 Å². The molecule has 2 unspecified atom stereocenters. The van der Waals surface area contributed by atoms with E-state index in [2.05, 4.69) is 0 Å². The van der Waals surface area contributed by atoms with Crippen LogP contribution in [-0.2, 0) is 22.7 Å². The summed E-state index contributed by atoms with van der Waals surface area (Å²) in [6.07, 6.45) is 1.41. The van der Waals surface area contributed by atoms with E-state index in [1.54, 1.807) is 27.7 Å². The fourth-order valence-corrected chi connectivity index (χ4v) is 8.04. The minimum Gasteiger partial charge on any atom is -0.325 e. The van der Waals surface area contributed by atoms with Crippen molar-refractivity contribution in [2.24, 2.45) is 0 Å². The van der Waals surface area contributed by atoms with Crippen LogP contribution in [0.5, 0.6) is 0 Å². The maximum atomic E-state index is 13.4. The van der Waals surface area contributed by atoms with Gasteiger partial charge in [-0.25, -0.2) is 0 Å². The van der Waals surface area contributed by atoms with Crippen molar-refractivity contribution in [3.05, 3.63) is 11.6 Å². The van der Waals surface area contributed by atoms with Crippen LogP contribution in [0.15, 0.2) is 11.6 Å². The van der Waals surface area contributed by atoms with Crippen LogP contribution in [0.1, 0.15) is 61.8 Å². The molecule has 0 saturated heterocycles. The summed E-state index contributed by atoms with van der Waals surface area (Å²) in [5.74, 6) is 0. The van der Waals surface area contributed by atoms with Gasteiger partial charge < -0.3 is 13.6 Å². The van der Waals surface area contributed by atoms with E-state index < -0.39 is 20.4 Å². The maximum Gasteiger partial charge on any atom is 0.344 e. The molecule has 0 aromatic carbocycles. The van der Waals surface area contributed by atoms with E-state index in [9.17, 15) is 9.13 Å². The van der Waals surface area contributed by atoms with Gasteiger partial charge >= 0.3 is 7.60 Å². The SMILES string of the molecule is CC(C)=CCC(P(C)(=O)OC(C)C)P(=O)(OC(C)C)OC(C)C. The van der Waals surface area contributed by atoms with Crippen LogP contribution in [0, 0.1) is 0 Å². The van der Waals surface area contributed by atoms with Crippen LogP contribution >= 0.6 is 15.0 Å². The van der Waals surface area contributed by atoms with Crippen molar-refractivity contribution < 1.29 is 22.7 Å². The zero-order valence-corrected chi connectivity index (χ0v) is 17.8. The smallest absolute Gasteiger partial charge is 0.325 e. The molecule has 0 aliphatic rings. The highest BCUT2D eigenvalue weighted by molar-refractivity contribution is 7.74. The van der Waals surface area contributed by atoms with E-state index >= 15 is 0 Å². The highest BCUT2D eigenvalue weighted by atomic mass is 31.2. The molecule has 0 amide bonds. The number of hydrogen-bond acceptors (Lipinski definition) is 5. The summed E-state index contributed by atoms with van der Waals surface area (Å²) in [5, 5.41) is -0.808. The largest absolute Gasteiger partial charge is 0.344 e. The molecule has 2 atom stereocenters. The molecule has 7 heteroatoms. The van der Waals surface area contributed by atoms with Crippen LogP contribution in [0.4, 0.5) is 0 Å². The van der Waals surface area contributed by atoms with Gasteiger partial charge in [-0.2, -0.15) is 0 Å². The molecular weight excluding hydrogens is 334 g/mol. The third-order valence-electron chi connectivity index (χ3n) is 2.78. The lowest BCUT2D eigenvalue weighted by atomic mass is 10.3. The zero-order valence-electron chi connectivity index (χ0n) is 16.0. The van der Waals surface area contributed by atoms with E-state index in [4.69, 9.17) is 13.6 Å². The minimum absolute atomic E-state index is 0.230. The van der Waals surface area contributed by atoms with Gasteiger partial charge in [0.05, 0.1) is 18.3 Å². The van der Waals surface area contributed by atoms with Crippen molar-refractivity contribution in [1.29, 1.82) is 0 Å². The summed E-state index contributed by atoms with van der Waals surface area (Å²) in [4.78, 5) is 0. The quantitative estimate of drug-likeness (QED) is 0.347. The van der Waals surface area contributed by atoms with Gasteiger partial charge in [0.15, 0.2) is 0 Å². The highest BCUT2D eigenvalue weighted by Crippen LogP contribution is 2.70. The van der Waals surface area contributed by atoms with Crippen LogP contribution in [-0.4, -0.2) is 30.4 Å². The van der Waals surface area contributed by atoms with Crippen molar-refractivity contribution in [2.45, 2.75) is 85.5 Å². The second kappa shape index (κ2) is 9.53. The first-order chi connectivity index (χ1) is 10.3. The summed E-state index contributed by atoms with van der Waals surface area (Å²) in [6.45, 7) is 16.2. The molecule has 0 aliphatic heterocycles. The van der Waals surface area contributed by atoms with Crippen LogP contribution in [0.3, 0.4) is 0 Å². The Bertz CT molecular complexity index is 465. The van der Waals surface area contributed by atoms with Crippen LogP contribution in [0.2, 0.25) is 0 Å². The summed E-state index contributed by atoms with van der Waals surface area (Å²) in [7, 11) is -6.82. The van der Waals surface area contributed by atoms with E-state index in [0.29, 0.717) is 6.42 Å². The standard InChI is InChI=1S/C16H34O5P2/c1-12(2)10-11-16(22(9,17)19-13(3)4)23(18,20-14(5)6)21-15(7)8/h10,13-16H,11H2,1-9H3. The molecule has 0 heterocycles. The van der Waals surface area contributed by atoms with Gasteiger partial charge in [0.2, 0.25) is 7.37 Å². The van der Waals surface area contributed by atoms with Gasteiger partial charge in [-0.1, -0.05) is 11.6 Å². The topological polar surface area (TPSA) is 61.8 Å².